The van der Waals surface area contributed by atoms with Crippen molar-refractivity contribution in [2.75, 3.05) is 32.1 Å². The molecular formula is C22H30N6. The van der Waals surface area contributed by atoms with E-state index in [-0.39, 0.29) is 5.92 Å². The zero-order valence-corrected chi connectivity index (χ0v) is 17.0. The van der Waals surface area contributed by atoms with Gasteiger partial charge in [-0.2, -0.15) is 0 Å². The van der Waals surface area contributed by atoms with E-state index in [9.17, 15) is 0 Å². The first-order chi connectivity index (χ1) is 13.5. The van der Waals surface area contributed by atoms with Gasteiger partial charge in [-0.15, -0.1) is 0 Å². The van der Waals surface area contributed by atoms with Crippen LogP contribution in [0.2, 0.25) is 0 Å². The number of imidazole rings is 1. The number of fused-ring (bicyclic) bond motifs is 2. The Morgan fingerprint density at radius 3 is 3.00 bits per heavy atom. The monoisotopic (exact) mass is 378 g/mol. The molecule has 0 amide bonds. The molecule has 0 saturated carbocycles. The number of aromatic amines is 1. The lowest BCUT2D eigenvalue weighted by molar-refractivity contribution is 0.327. The molecule has 2 unspecified atom stereocenters. The van der Waals surface area contributed by atoms with Crippen LogP contribution in [0.1, 0.15) is 42.8 Å². The van der Waals surface area contributed by atoms with Crippen LogP contribution in [0.5, 0.6) is 0 Å². The predicted molar refractivity (Wildman–Crippen MR) is 115 cm³/mol. The highest BCUT2D eigenvalue weighted by molar-refractivity contribution is 5.89. The number of hydrogen-bond donors (Lipinski definition) is 3. The van der Waals surface area contributed by atoms with Crippen molar-refractivity contribution in [1.29, 1.82) is 0 Å². The minimum Gasteiger partial charge on any atom is -0.372 e. The van der Waals surface area contributed by atoms with E-state index in [2.05, 4.69) is 58.4 Å². The molecule has 148 valence electrons. The molecule has 0 bridgehead atoms. The predicted octanol–water partition coefficient (Wildman–Crippen LogP) is 2.91. The SMILES string of the molecule is CNCCN(C)c1cccc2[nH]c(C(C)(N)C3CCCc4cccnc43)nc12. The largest absolute Gasteiger partial charge is 0.372 e. The van der Waals surface area contributed by atoms with Crippen LogP contribution in [0.3, 0.4) is 0 Å². The molecule has 4 rings (SSSR count). The van der Waals surface area contributed by atoms with E-state index < -0.39 is 5.54 Å². The van der Waals surface area contributed by atoms with Crippen molar-refractivity contribution < 1.29 is 0 Å². The van der Waals surface area contributed by atoms with Gasteiger partial charge < -0.3 is 20.9 Å². The van der Waals surface area contributed by atoms with Crippen molar-refractivity contribution in [2.24, 2.45) is 5.73 Å². The van der Waals surface area contributed by atoms with Crippen LogP contribution >= 0.6 is 0 Å². The standard InChI is InChI=1S/C22H30N6/c1-22(23,16-9-4-7-15-8-6-12-25-19(15)16)21-26-17-10-5-11-18(20(17)27-21)28(3)14-13-24-2/h5-6,8,10-12,16,24H,4,7,9,13-14,23H2,1-3H3,(H,26,27). The minimum absolute atomic E-state index is 0.156. The molecule has 0 fully saturated rings. The van der Waals surface area contributed by atoms with Gasteiger partial charge in [-0.1, -0.05) is 12.1 Å². The average molecular weight is 379 g/mol. The quantitative estimate of drug-likeness (QED) is 0.614. The number of nitrogens with two attached hydrogens (primary N) is 1. The first kappa shape index (κ1) is 18.9. The Balaban J connectivity index is 1.73. The Labute approximate surface area is 166 Å². The molecule has 0 saturated heterocycles. The van der Waals surface area contributed by atoms with Crippen molar-refractivity contribution in [2.45, 2.75) is 37.6 Å². The molecule has 0 spiro atoms. The number of nitrogens with one attached hydrogen (secondary N) is 2. The Morgan fingerprint density at radius 2 is 2.18 bits per heavy atom. The third kappa shape index (κ3) is 3.27. The lowest BCUT2D eigenvalue weighted by Crippen LogP contribution is -2.42. The number of rotatable bonds is 6. The highest BCUT2D eigenvalue weighted by Gasteiger charge is 2.39. The van der Waals surface area contributed by atoms with E-state index in [0.29, 0.717) is 0 Å². The normalized spacial score (nSPS) is 18.6. The second-order valence-electron chi connectivity index (χ2n) is 8.06. The Bertz CT molecular complexity index is 961. The second-order valence-corrected chi connectivity index (χ2v) is 8.06. The van der Waals surface area contributed by atoms with Crippen molar-refractivity contribution in [3.8, 4) is 0 Å². The van der Waals surface area contributed by atoms with Gasteiger partial charge in [0.1, 0.15) is 11.3 Å². The van der Waals surface area contributed by atoms with Crippen molar-refractivity contribution in [1.82, 2.24) is 20.3 Å². The van der Waals surface area contributed by atoms with Gasteiger partial charge in [-0.25, -0.2) is 4.98 Å². The molecule has 2 atom stereocenters. The molecule has 2 heterocycles. The van der Waals surface area contributed by atoms with Crippen molar-refractivity contribution in [3.05, 3.63) is 53.6 Å². The fourth-order valence-corrected chi connectivity index (χ4v) is 4.34. The number of pyridine rings is 1. The third-order valence-electron chi connectivity index (χ3n) is 6.03. The zero-order valence-electron chi connectivity index (χ0n) is 17.0. The molecule has 1 aliphatic carbocycles. The van der Waals surface area contributed by atoms with Gasteiger partial charge in [-0.3, -0.25) is 4.98 Å². The number of H-pyrrole nitrogens is 1. The molecule has 4 N–H and O–H groups in total. The summed E-state index contributed by atoms with van der Waals surface area (Å²) in [5, 5.41) is 3.20. The van der Waals surface area contributed by atoms with Crippen LogP contribution in [-0.4, -0.2) is 42.1 Å². The maximum absolute atomic E-state index is 6.94. The van der Waals surface area contributed by atoms with Gasteiger partial charge in [0.2, 0.25) is 0 Å². The molecule has 6 heteroatoms. The smallest absolute Gasteiger partial charge is 0.127 e. The summed E-state index contributed by atoms with van der Waals surface area (Å²) < 4.78 is 0. The fourth-order valence-electron chi connectivity index (χ4n) is 4.34. The van der Waals surface area contributed by atoms with Crippen molar-refractivity contribution in [3.63, 3.8) is 0 Å². The number of aryl methyl sites for hydroxylation is 1. The van der Waals surface area contributed by atoms with Crippen LogP contribution in [0, 0.1) is 0 Å². The Kier molecular flexibility index (Phi) is 5.08. The maximum atomic E-state index is 6.94. The van der Waals surface area contributed by atoms with Crippen LogP contribution in [-0.2, 0) is 12.0 Å². The summed E-state index contributed by atoms with van der Waals surface area (Å²) in [6.45, 7) is 3.92. The van der Waals surface area contributed by atoms with E-state index in [0.717, 1.165) is 60.6 Å². The van der Waals surface area contributed by atoms with Gasteiger partial charge in [0, 0.05) is 37.9 Å². The number of aromatic nitrogens is 3. The van der Waals surface area contributed by atoms with E-state index >= 15 is 0 Å². The highest BCUT2D eigenvalue weighted by Crippen LogP contribution is 2.41. The Hall–Kier alpha value is -2.44. The summed E-state index contributed by atoms with van der Waals surface area (Å²) >= 11 is 0. The number of benzene rings is 1. The van der Waals surface area contributed by atoms with Gasteiger partial charge >= 0.3 is 0 Å². The van der Waals surface area contributed by atoms with Gasteiger partial charge in [0.05, 0.1) is 16.7 Å². The second kappa shape index (κ2) is 7.53. The molecule has 3 aromatic rings. The van der Waals surface area contributed by atoms with Gasteiger partial charge in [-0.05, 0) is 57.0 Å². The topological polar surface area (TPSA) is 82.9 Å². The van der Waals surface area contributed by atoms with Crippen LogP contribution in [0.15, 0.2) is 36.5 Å². The molecule has 2 aromatic heterocycles. The lowest BCUT2D eigenvalue weighted by Gasteiger charge is -2.35. The maximum Gasteiger partial charge on any atom is 0.127 e. The molecule has 0 aliphatic heterocycles. The number of para-hydroxylation sites is 1. The number of likely N-dealkylation sites (N-methyl/N-ethyl adjacent to an activating group) is 2. The number of anilines is 1. The highest BCUT2D eigenvalue weighted by atomic mass is 15.1. The molecular weight excluding hydrogens is 348 g/mol. The van der Waals surface area contributed by atoms with Crippen LogP contribution in [0.25, 0.3) is 11.0 Å². The summed E-state index contributed by atoms with van der Waals surface area (Å²) in [5.41, 5.74) is 11.9. The fraction of sp³-hybridized carbons (Fsp3) is 0.455. The Morgan fingerprint density at radius 1 is 1.32 bits per heavy atom. The van der Waals surface area contributed by atoms with Gasteiger partial charge in [0.25, 0.3) is 0 Å². The van der Waals surface area contributed by atoms with Gasteiger partial charge in [0.15, 0.2) is 0 Å². The molecule has 6 nitrogen and oxygen atoms in total. The number of nitrogens with zero attached hydrogens (tertiary/aromatic N) is 3. The van der Waals surface area contributed by atoms with E-state index in [1.54, 1.807) is 0 Å². The summed E-state index contributed by atoms with van der Waals surface area (Å²) in [6, 6.07) is 10.5. The molecule has 1 aromatic carbocycles. The van der Waals surface area contributed by atoms with E-state index in [1.807, 2.05) is 19.3 Å². The van der Waals surface area contributed by atoms with Crippen LogP contribution in [0.4, 0.5) is 5.69 Å². The minimum atomic E-state index is -0.608. The van der Waals surface area contributed by atoms with E-state index in [4.69, 9.17) is 10.7 Å². The lowest BCUT2D eigenvalue weighted by atomic mass is 9.74. The molecule has 1 aliphatic rings. The summed E-state index contributed by atoms with van der Waals surface area (Å²) in [4.78, 5) is 15.4. The summed E-state index contributed by atoms with van der Waals surface area (Å²) in [7, 11) is 4.07. The third-order valence-corrected chi connectivity index (χ3v) is 6.03. The van der Waals surface area contributed by atoms with Crippen LogP contribution < -0.4 is 16.0 Å². The molecule has 0 radical (unpaired) electrons. The zero-order chi connectivity index (χ0) is 19.7. The summed E-state index contributed by atoms with van der Waals surface area (Å²) in [6.07, 6.45) is 5.12. The summed E-state index contributed by atoms with van der Waals surface area (Å²) in [5.74, 6) is 0.990. The number of hydrogen-bond acceptors (Lipinski definition) is 5. The molecule has 28 heavy (non-hydrogen) atoms. The van der Waals surface area contributed by atoms with Crippen molar-refractivity contribution >= 4 is 16.7 Å². The average Bonchev–Trinajstić information content (AvgIpc) is 3.16. The first-order valence-corrected chi connectivity index (χ1v) is 10.1. The van der Waals surface area contributed by atoms with E-state index in [1.165, 1.54) is 5.56 Å². The first-order valence-electron chi connectivity index (χ1n) is 10.1.